The van der Waals surface area contributed by atoms with Crippen LogP contribution in [0, 0.1) is 0 Å². The van der Waals surface area contributed by atoms with Gasteiger partial charge in [0.05, 0.1) is 36.3 Å². The molecule has 2 aliphatic heterocycles. The summed E-state index contributed by atoms with van der Waals surface area (Å²) in [6.07, 6.45) is 8.02. The number of carbonyl (C=O) groups is 1. The maximum Gasteiger partial charge on any atom is 0.291 e. The fourth-order valence-electron chi connectivity index (χ4n) is 4.53. The van der Waals surface area contributed by atoms with Crippen molar-refractivity contribution in [2.75, 3.05) is 56.2 Å². The summed E-state index contributed by atoms with van der Waals surface area (Å²) in [6.45, 7) is 6.69. The molecular formula is C25H31N5O3. The number of amides is 1. The molecule has 5 rings (SSSR count). The molecule has 33 heavy (non-hydrogen) atoms. The second-order valence-corrected chi connectivity index (χ2v) is 8.71. The van der Waals surface area contributed by atoms with Crippen molar-refractivity contribution in [1.82, 2.24) is 15.1 Å². The summed E-state index contributed by atoms with van der Waals surface area (Å²) in [4.78, 5) is 17.8. The first kappa shape index (κ1) is 21.7. The van der Waals surface area contributed by atoms with Crippen LogP contribution in [0.25, 0.3) is 11.3 Å². The number of hydrogen-bond acceptors (Lipinski definition) is 6. The van der Waals surface area contributed by atoms with E-state index < -0.39 is 0 Å². The quantitative estimate of drug-likeness (QED) is 0.571. The maximum atomic E-state index is 13.0. The number of aromatic nitrogens is 2. The topological polar surface area (TPSA) is 86.6 Å². The van der Waals surface area contributed by atoms with E-state index in [1.165, 1.54) is 24.8 Å². The zero-order valence-corrected chi connectivity index (χ0v) is 18.9. The van der Waals surface area contributed by atoms with Gasteiger partial charge < -0.3 is 19.4 Å². The molecule has 2 aromatic heterocycles. The average molecular weight is 450 g/mol. The Bertz CT molecular complexity index is 1050. The van der Waals surface area contributed by atoms with Crippen molar-refractivity contribution >= 4 is 17.3 Å². The van der Waals surface area contributed by atoms with Crippen molar-refractivity contribution in [3.63, 3.8) is 0 Å². The molecule has 1 amide bonds. The summed E-state index contributed by atoms with van der Waals surface area (Å²) in [5.74, 6) is 0.653. The number of rotatable bonds is 7. The van der Waals surface area contributed by atoms with Crippen LogP contribution in [0.1, 0.15) is 35.4 Å². The number of anilines is 2. The van der Waals surface area contributed by atoms with Crippen molar-refractivity contribution in [2.24, 2.45) is 0 Å². The Labute approximate surface area is 193 Å². The summed E-state index contributed by atoms with van der Waals surface area (Å²) >= 11 is 0. The van der Waals surface area contributed by atoms with Gasteiger partial charge in [-0.15, -0.1) is 0 Å². The second-order valence-electron chi connectivity index (χ2n) is 8.71. The minimum Gasteiger partial charge on any atom is -0.451 e. The SMILES string of the molecule is O=C(Nc1ccc(CCN2CCOCC2)cc1N1CCCCC1)c1ccc(-c2cn[nH]c2)o1. The molecule has 0 unspecified atom stereocenters. The molecule has 0 spiro atoms. The first-order chi connectivity index (χ1) is 16.3. The van der Waals surface area contributed by atoms with Crippen LogP contribution in [0.4, 0.5) is 11.4 Å². The lowest BCUT2D eigenvalue weighted by Gasteiger charge is -2.31. The third-order valence-electron chi connectivity index (χ3n) is 6.44. The minimum absolute atomic E-state index is 0.246. The van der Waals surface area contributed by atoms with Crippen LogP contribution in [-0.2, 0) is 11.2 Å². The van der Waals surface area contributed by atoms with Gasteiger partial charge in [0.2, 0.25) is 0 Å². The molecule has 4 heterocycles. The summed E-state index contributed by atoms with van der Waals surface area (Å²) in [6, 6.07) is 9.91. The van der Waals surface area contributed by atoms with E-state index in [4.69, 9.17) is 9.15 Å². The van der Waals surface area contributed by atoms with Crippen LogP contribution in [0.2, 0.25) is 0 Å². The summed E-state index contributed by atoms with van der Waals surface area (Å²) in [5.41, 5.74) is 4.04. The van der Waals surface area contributed by atoms with Gasteiger partial charge in [-0.05, 0) is 55.5 Å². The Hall–Kier alpha value is -3.10. The Morgan fingerprint density at radius 2 is 1.91 bits per heavy atom. The zero-order valence-electron chi connectivity index (χ0n) is 18.9. The Kier molecular flexibility index (Phi) is 6.73. The van der Waals surface area contributed by atoms with Gasteiger partial charge in [0.25, 0.3) is 5.91 Å². The highest BCUT2D eigenvalue weighted by atomic mass is 16.5. The number of piperidine rings is 1. The molecule has 0 radical (unpaired) electrons. The number of nitrogens with one attached hydrogen (secondary N) is 2. The molecule has 0 saturated carbocycles. The Morgan fingerprint density at radius 1 is 1.06 bits per heavy atom. The first-order valence-electron chi connectivity index (χ1n) is 11.8. The maximum absolute atomic E-state index is 13.0. The summed E-state index contributed by atoms with van der Waals surface area (Å²) in [7, 11) is 0. The highest BCUT2D eigenvalue weighted by Crippen LogP contribution is 2.31. The summed E-state index contributed by atoms with van der Waals surface area (Å²) < 4.78 is 11.2. The van der Waals surface area contributed by atoms with Crippen LogP contribution < -0.4 is 10.2 Å². The molecule has 2 N–H and O–H groups in total. The van der Waals surface area contributed by atoms with Crippen LogP contribution in [0.15, 0.2) is 47.1 Å². The van der Waals surface area contributed by atoms with Crippen molar-refractivity contribution in [1.29, 1.82) is 0 Å². The van der Waals surface area contributed by atoms with Crippen molar-refractivity contribution in [3.05, 3.63) is 54.0 Å². The molecule has 8 heteroatoms. The number of carbonyl (C=O) groups excluding carboxylic acids is 1. The number of hydrogen-bond donors (Lipinski definition) is 2. The molecule has 1 aromatic carbocycles. The van der Waals surface area contributed by atoms with E-state index in [1.807, 2.05) is 6.07 Å². The molecule has 0 bridgehead atoms. The lowest BCUT2D eigenvalue weighted by Crippen LogP contribution is -2.37. The van der Waals surface area contributed by atoms with Gasteiger partial charge in [-0.1, -0.05) is 6.07 Å². The zero-order chi connectivity index (χ0) is 22.5. The number of aromatic amines is 1. The molecule has 3 aromatic rings. The number of morpholine rings is 1. The molecule has 174 valence electrons. The van der Waals surface area contributed by atoms with Crippen LogP contribution in [0.5, 0.6) is 0 Å². The molecule has 2 saturated heterocycles. The van der Waals surface area contributed by atoms with Crippen LogP contribution in [0.3, 0.4) is 0 Å². The van der Waals surface area contributed by atoms with Gasteiger partial charge in [0, 0.05) is 38.9 Å². The first-order valence-corrected chi connectivity index (χ1v) is 11.8. The lowest BCUT2D eigenvalue weighted by atomic mass is 10.1. The summed E-state index contributed by atoms with van der Waals surface area (Å²) in [5, 5.41) is 9.79. The van der Waals surface area contributed by atoms with Gasteiger partial charge >= 0.3 is 0 Å². The largest absolute Gasteiger partial charge is 0.451 e. The Morgan fingerprint density at radius 3 is 2.70 bits per heavy atom. The average Bonchev–Trinajstić information content (AvgIpc) is 3.57. The van der Waals surface area contributed by atoms with Gasteiger partial charge in [-0.25, -0.2) is 0 Å². The van der Waals surface area contributed by atoms with E-state index >= 15 is 0 Å². The molecular weight excluding hydrogens is 418 g/mol. The number of H-pyrrole nitrogens is 1. The fraction of sp³-hybridized carbons (Fsp3) is 0.440. The highest BCUT2D eigenvalue weighted by molar-refractivity contribution is 6.04. The predicted molar refractivity (Wildman–Crippen MR) is 128 cm³/mol. The Balaban J connectivity index is 1.32. The molecule has 2 fully saturated rings. The van der Waals surface area contributed by atoms with E-state index in [-0.39, 0.29) is 11.7 Å². The van der Waals surface area contributed by atoms with Crippen molar-refractivity contribution < 1.29 is 13.9 Å². The van der Waals surface area contributed by atoms with E-state index in [2.05, 4.69) is 37.4 Å². The van der Waals surface area contributed by atoms with Gasteiger partial charge in [-0.3, -0.25) is 14.8 Å². The van der Waals surface area contributed by atoms with Crippen molar-refractivity contribution in [2.45, 2.75) is 25.7 Å². The normalized spacial score (nSPS) is 17.3. The second kappa shape index (κ2) is 10.2. The number of nitrogens with zero attached hydrogens (tertiary/aromatic N) is 3. The highest BCUT2D eigenvalue weighted by Gasteiger charge is 2.19. The number of furan rings is 1. The van der Waals surface area contributed by atoms with Gasteiger partial charge in [0.15, 0.2) is 5.76 Å². The van der Waals surface area contributed by atoms with Crippen molar-refractivity contribution in [3.8, 4) is 11.3 Å². The smallest absolute Gasteiger partial charge is 0.291 e. The van der Waals surface area contributed by atoms with Gasteiger partial charge in [0.1, 0.15) is 5.76 Å². The molecule has 0 aliphatic carbocycles. The minimum atomic E-state index is -0.246. The van der Waals surface area contributed by atoms with E-state index in [1.54, 1.807) is 24.5 Å². The fourth-order valence-corrected chi connectivity index (χ4v) is 4.53. The third kappa shape index (κ3) is 5.29. The molecule has 8 nitrogen and oxygen atoms in total. The predicted octanol–water partition coefficient (Wildman–Crippen LogP) is 3.79. The number of benzene rings is 1. The standard InChI is InChI=1S/C25H31N5O3/c31-25(24-7-6-23(33-24)20-17-26-27-18-20)28-21-5-4-19(8-11-29-12-14-32-15-13-29)16-22(21)30-9-2-1-3-10-30/h4-7,16-18H,1-3,8-15H2,(H,26,27)(H,28,31). The number of ether oxygens (including phenoxy) is 1. The van der Waals surface area contributed by atoms with E-state index in [9.17, 15) is 4.79 Å². The lowest BCUT2D eigenvalue weighted by molar-refractivity contribution is 0.0384. The van der Waals surface area contributed by atoms with Gasteiger partial charge in [-0.2, -0.15) is 5.10 Å². The molecule has 2 aliphatic rings. The van der Waals surface area contributed by atoms with Crippen LogP contribution in [-0.4, -0.2) is 66.9 Å². The van der Waals surface area contributed by atoms with Crippen LogP contribution >= 0.6 is 0 Å². The monoisotopic (exact) mass is 449 g/mol. The molecule has 0 atom stereocenters. The third-order valence-corrected chi connectivity index (χ3v) is 6.44. The van der Waals surface area contributed by atoms with E-state index in [0.717, 1.165) is 69.3 Å². The van der Waals surface area contributed by atoms with E-state index in [0.29, 0.717) is 5.76 Å².